The highest BCUT2D eigenvalue weighted by Crippen LogP contribution is 2.33. The van der Waals surface area contributed by atoms with Crippen LogP contribution in [0.25, 0.3) is 0 Å². The number of Topliss-reactive ketones (excluding diaryl/α,β-unsaturated/α-hetero) is 2. The molecule has 0 spiro atoms. The molecule has 0 saturated heterocycles. The van der Waals surface area contributed by atoms with E-state index in [1.54, 1.807) is 31.1 Å². The van der Waals surface area contributed by atoms with Gasteiger partial charge in [-0.1, -0.05) is 11.3 Å². The number of carbonyl (C=O) groups is 3. The SMILES string of the molecule is CCNc1ccc(C(=O)C2CCc3nc(NC(=O)CN(C)C)sc3C2=O)cn1. The molecule has 1 aliphatic rings. The third-order valence-electron chi connectivity index (χ3n) is 4.34. The summed E-state index contributed by atoms with van der Waals surface area (Å²) in [7, 11) is 3.60. The summed E-state index contributed by atoms with van der Waals surface area (Å²) in [5, 5.41) is 6.19. The lowest BCUT2D eigenvalue weighted by molar-refractivity contribution is -0.116. The number of pyridine rings is 1. The minimum atomic E-state index is -0.731. The number of nitrogens with zero attached hydrogens (tertiary/aromatic N) is 3. The van der Waals surface area contributed by atoms with Crippen molar-refractivity contribution in [1.82, 2.24) is 14.9 Å². The first kappa shape index (κ1) is 20.1. The first-order valence-electron chi connectivity index (χ1n) is 9.11. The van der Waals surface area contributed by atoms with Crippen molar-refractivity contribution < 1.29 is 14.4 Å². The smallest absolute Gasteiger partial charge is 0.240 e. The second kappa shape index (κ2) is 8.57. The lowest BCUT2D eigenvalue weighted by Crippen LogP contribution is -2.29. The molecule has 2 N–H and O–H groups in total. The predicted molar refractivity (Wildman–Crippen MR) is 108 cm³/mol. The average molecular weight is 401 g/mol. The molecule has 1 amide bonds. The quantitative estimate of drug-likeness (QED) is 0.541. The van der Waals surface area contributed by atoms with E-state index < -0.39 is 5.92 Å². The number of likely N-dealkylation sites (N-methyl/N-ethyl adjacent to an activating group) is 1. The van der Waals surface area contributed by atoms with E-state index in [-0.39, 0.29) is 24.0 Å². The van der Waals surface area contributed by atoms with Gasteiger partial charge >= 0.3 is 0 Å². The predicted octanol–water partition coefficient (Wildman–Crippen LogP) is 2.10. The highest BCUT2D eigenvalue weighted by molar-refractivity contribution is 7.17. The maximum atomic E-state index is 12.9. The second-order valence-corrected chi connectivity index (χ2v) is 7.86. The van der Waals surface area contributed by atoms with Crippen molar-refractivity contribution in [2.45, 2.75) is 19.8 Å². The summed E-state index contributed by atoms with van der Waals surface area (Å²) in [4.78, 5) is 48.4. The Kier molecular flexibility index (Phi) is 6.15. The van der Waals surface area contributed by atoms with E-state index in [0.29, 0.717) is 39.9 Å². The first-order valence-corrected chi connectivity index (χ1v) is 9.93. The van der Waals surface area contributed by atoms with Crippen LogP contribution < -0.4 is 10.6 Å². The fourth-order valence-electron chi connectivity index (χ4n) is 3.06. The zero-order valence-corrected chi connectivity index (χ0v) is 16.9. The van der Waals surface area contributed by atoms with Crippen LogP contribution in [0, 0.1) is 5.92 Å². The average Bonchev–Trinajstić information content (AvgIpc) is 3.05. The van der Waals surface area contributed by atoms with Crippen LogP contribution in [0.2, 0.25) is 0 Å². The molecule has 0 radical (unpaired) electrons. The Bertz CT molecular complexity index is 891. The summed E-state index contributed by atoms with van der Waals surface area (Å²) in [5.74, 6) is -0.685. The van der Waals surface area contributed by atoms with Crippen molar-refractivity contribution in [2.24, 2.45) is 5.92 Å². The summed E-state index contributed by atoms with van der Waals surface area (Å²) in [5.41, 5.74) is 1.08. The largest absolute Gasteiger partial charge is 0.370 e. The molecule has 0 bridgehead atoms. The van der Waals surface area contributed by atoms with Gasteiger partial charge in [0.05, 0.1) is 23.0 Å². The van der Waals surface area contributed by atoms with Gasteiger partial charge in [-0.05, 0) is 46.0 Å². The Hall–Kier alpha value is -2.65. The summed E-state index contributed by atoms with van der Waals surface area (Å²) in [6.07, 6.45) is 2.44. The molecule has 0 aliphatic heterocycles. The Morgan fingerprint density at radius 3 is 2.75 bits per heavy atom. The van der Waals surface area contributed by atoms with E-state index in [4.69, 9.17) is 0 Å². The number of aryl methyl sites for hydroxylation is 1. The van der Waals surface area contributed by atoms with Crippen LogP contribution in [0.1, 0.15) is 39.1 Å². The number of amides is 1. The Balaban J connectivity index is 1.73. The molecule has 148 valence electrons. The van der Waals surface area contributed by atoms with Crippen molar-refractivity contribution in [3.63, 3.8) is 0 Å². The van der Waals surface area contributed by atoms with Gasteiger partial charge in [-0.25, -0.2) is 9.97 Å². The van der Waals surface area contributed by atoms with E-state index in [2.05, 4.69) is 20.6 Å². The van der Waals surface area contributed by atoms with Crippen LogP contribution in [-0.2, 0) is 11.2 Å². The van der Waals surface area contributed by atoms with Crippen LogP contribution in [0.3, 0.4) is 0 Å². The third-order valence-corrected chi connectivity index (χ3v) is 5.36. The number of anilines is 2. The van der Waals surface area contributed by atoms with Crippen molar-refractivity contribution in [3.8, 4) is 0 Å². The molecule has 2 aromatic heterocycles. The Morgan fingerprint density at radius 1 is 1.32 bits per heavy atom. The molecule has 2 aromatic rings. The molecule has 8 nitrogen and oxygen atoms in total. The number of rotatable bonds is 7. The molecule has 1 unspecified atom stereocenters. The molecule has 9 heteroatoms. The lowest BCUT2D eigenvalue weighted by Gasteiger charge is -2.18. The Morgan fingerprint density at radius 2 is 2.11 bits per heavy atom. The molecule has 3 rings (SSSR count). The minimum Gasteiger partial charge on any atom is -0.370 e. The van der Waals surface area contributed by atoms with Crippen molar-refractivity contribution in [2.75, 3.05) is 37.8 Å². The topological polar surface area (TPSA) is 104 Å². The second-order valence-electron chi connectivity index (χ2n) is 6.86. The summed E-state index contributed by atoms with van der Waals surface area (Å²) < 4.78 is 0. The van der Waals surface area contributed by atoms with Crippen LogP contribution >= 0.6 is 11.3 Å². The van der Waals surface area contributed by atoms with Crippen molar-refractivity contribution in [1.29, 1.82) is 0 Å². The molecule has 1 aliphatic carbocycles. The zero-order valence-electron chi connectivity index (χ0n) is 16.1. The summed E-state index contributed by atoms with van der Waals surface area (Å²) in [6.45, 7) is 2.93. The summed E-state index contributed by atoms with van der Waals surface area (Å²) >= 11 is 1.14. The Labute approximate surface area is 167 Å². The highest BCUT2D eigenvalue weighted by atomic mass is 32.1. The number of aromatic nitrogens is 2. The van der Waals surface area contributed by atoms with Gasteiger partial charge < -0.3 is 15.5 Å². The molecule has 0 saturated carbocycles. The number of carbonyl (C=O) groups excluding carboxylic acids is 3. The number of hydrogen-bond acceptors (Lipinski definition) is 8. The molecule has 28 heavy (non-hydrogen) atoms. The molecule has 0 fully saturated rings. The normalized spacial score (nSPS) is 16.0. The van der Waals surface area contributed by atoms with Gasteiger partial charge in [0.2, 0.25) is 5.91 Å². The van der Waals surface area contributed by atoms with E-state index in [1.807, 2.05) is 6.92 Å². The van der Waals surface area contributed by atoms with Gasteiger partial charge in [0, 0.05) is 18.3 Å². The molecule has 0 aromatic carbocycles. The maximum absolute atomic E-state index is 12.9. The fourth-order valence-corrected chi connectivity index (χ4v) is 4.08. The third kappa shape index (κ3) is 4.42. The van der Waals surface area contributed by atoms with E-state index in [9.17, 15) is 14.4 Å². The number of nitrogens with one attached hydrogen (secondary N) is 2. The number of thiazole rings is 1. The van der Waals surface area contributed by atoms with E-state index in [1.165, 1.54) is 6.20 Å². The van der Waals surface area contributed by atoms with Gasteiger partial charge in [0.25, 0.3) is 0 Å². The minimum absolute atomic E-state index is 0.192. The van der Waals surface area contributed by atoms with Crippen LogP contribution in [0.15, 0.2) is 18.3 Å². The van der Waals surface area contributed by atoms with E-state index >= 15 is 0 Å². The maximum Gasteiger partial charge on any atom is 0.240 e. The molecule has 1 atom stereocenters. The monoisotopic (exact) mass is 401 g/mol. The molecular weight excluding hydrogens is 378 g/mol. The van der Waals surface area contributed by atoms with Crippen molar-refractivity contribution in [3.05, 3.63) is 34.5 Å². The van der Waals surface area contributed by atoms with Crippen molar-refractivity contribution >= 4 is 39.8 Å². The molecular formula is C19H23N5O3S. The standard InChI is InChI=1S/C19H23N5O3S/c1-4-20-14-8-5-11(9-21-14)16(26)12-6-7-13-18(17(12)27)28-19(22-13)23-15(25)10-24(2)3/h5,8-9,12H,4,6-7,10H2,1-3H3,(H,20,21)(H,22,23,25). The summed E-state index contributed by atoms with van der Waals surface area (Å²) in [6, 6.07) is 3.43. The van der Waals surface area contributed by atoms with Crippen LogP contribution in [0.5, 0.6) is 0 Å². The highest BCUT2D eigenvalue weighted by Gasteiger charge is 2.36. The number of hydrogen-bond donors (Lipinski definition) is 2. The molecule has 2 heterocycles. The fraction of sp³-hybridized carbons (Fsp3) is 0.421. The lowest BCUT2D eigenvalue weighted by atomic mass is 9.84. The van der Waals surface area contributed by atoms with E-state index in [0.717, 1.165) is 17.9 Å². The van der Waals surface area contributed by atoms with Gasteiger partial charge in [0.15, 0.2) is 16.7 Å². The van der Waals surface area contributed by atoms with Gasteiger partial charge in [0.1, 0.15) is 5.82 Å². The number of ketones is 2. The first-order chi connectivity index (χ1) is 13.4. The van der Waals surface area contributed by atoms with Gasteiger partial charge in [-0.2, -0.15) is 0 Å². The van der Waals surface area contributed by atoms with Crippen LogP contribution in [-0.4, -0.2) is 59.5 Å². The van der Waals surface area contributed by atoms with Gasteiger partial charge in [-0.3, -0.25) is 14.4 Å². The van der Waals surface area contributed by atoms with Gasteiger partial charge in [-0.15, -0.1) is 0 Å². The zero-order chi connectivity index (χ0) is 20.3. The number of fused-ring (bicyclic) bond motifs is 1. The van der Waals surface area contributed by atoms with Crippen LogP contribution in [0.4, 0.5) is 10.9 Å².